The lowest BCUT2D eigenvalue weighted by atomic mass is 10.0. The van der Waals surface area contributed by atoms with Crippen LogP contribution in [0.5, 0.6) is 5.75 Å². The zero-order chi connectivity index (χ0) is 22.1. The van der Waals surface area contributed by atoms with Gasteiger partial charge in [0.05, 0.1) is 12.1 Å². The smallest absolute Gasteiger partial charge is 0.389 e. The van der Waals surface area contributed by atoms with Gasteiger partial charge in [0.15, 0.2) is 11.4 Å². The topological polar surface area (TPSA) is 111 Å². The van der Waals surface area contributed by atoms with Crippen molar-refractivity contribution in [2.45, 2.75) is 31.1 Å². The van der Waals surface area contributed by atoms with Gasteiger partial charge in [-0.2, -0.15) is 0 Å². The Kier molecular flexibility index (Phi) is 4.48. The Morgan fingerprint density at radius 1 is 1.41 bits per heavy atom. The third-order valence-corrected chi connectivity index (χ3v) is 5.11. The number of H-pyrrole nitrogens is 1. The van der Waals surface area contributed by atoms with E-state index in [4.69, 9.17) is 13.2 Å². The highest BCUT2D eigenvalue weighted by Gasteiger charge is 2.54. The molecule has 3 rings (SSSR count). The molecule has 1 unspecified atom stereocenters. The van der Waals surface area contributed by atoms with E-state index >= 15 is 4.39 Å². The van der Waals surface area contributed by atoms with Crippen molar-refractivity contribution in [3.63, 3.8) is 0 Å². The number of para-hydroxylation sites is 1. The number of benzene rings is 1. The average Bonchev–Trinajstić information content (AvgIpc) is 2.93. The summed E-state index contributed by atoms with van der Waals surface area (Å²) in [6.07, 6.45) is -1.38. The second-order valence-corrected chi connectivity index (χ2v) is 7.05. The summed E-state index contributed by atoms with van der Waals surface area (Å²) in [6.45, 7) is -3.76. The summed E-state index contributed by atoms with van der Waals surface area (Å²) < 4.78 is 61.4. The number of alkyl halides is 1. The highest BCUT2D eigenvalue weighted by molar-refractivity contribution is 7.33. The highest BCUT2D eigenvalue weighted by atomic mass is 31.1. The first-order valence-electron chi connectivity index (χ1n) is 9.55. The van der Waals surface area contributed by atoms with Crippen LogP contribution in [0.2, 0.25) is 0 Å². The molecular weight excluding hydrogens is 379 g/mol. The van der Waals surface area contributed by atoms with Crippen molar-refractivity contribution in [1.82, 2.24) is 9.55 Å². The number of nitrogens with zero attached hydrogens (tertiary/aromatic N) is 1. The monoisotopic (exact) mass is 401 g/mol. The molecule has 2 aromatic rings. The molecule has 27 heavy (non-hydrogen) atoms. The van der Waals surface area contributed by atoms with E-state index in [0.717, 1.165) is 16.8 Å². The maximum atomic E-state index is 15.7. The number of aliphatic hydroxyl groups is 1. The first-order chi connectivity index (χ1) is 14.0. The second kappa shape index (κ2) is 7.72. The van der Waals surface area contributed by atoms with Gasteiger partial charge >= 0.3 is 13.9 Å². The van der Waals surface area contributed by atoms with E-state index in [-0.39, 0.29) is 12.2 Å². The molecule has 144 valence electrons. The first-order valence-corrected chi connectivity index (χ1v) is 9.15. The van der Waals surface area contributed by atoms with Gasteiger partial charge in [-0.3, -0.25) is 14.3 Å². The number of hydrogen-bond acceptors (Lipinski definition) is 6. The van der Waals surface area contributed by atoms with Crippen LogP contribution in [-0.2, 0) is 9.09 Å². The lowest BCUT2D eigenvalue weighted by Crippen LogP contribution is -2.42. The van der Waals surface area contributed by atoms with Gasteiger partial charge in [-0.15, -0.1) is 4.52 Å². The summed E-state index contributed by atoms with van der Waals surface area (Å²) in [4.78, 5) is 25.3. The molecule has 1 aliphatic carbocycles. The fourth-order valence-electron chi connectivity index (χ4n) is 3.03. The van der Waals surface area contributed by atoms with E-state index in [9.17, 15) is 19.3 Å². The van der Waals surface area contributed by atoms with Crippen molar-refractivity contribution in [2.24, 2.45) is 5.92 Å². The van der Waals surface area contributed by atoms with Crippen molar-refractivity contribution < 1.29 is 27.2 Å². The molecule has 5 atom stereocenters. The molecular formula is C17H19FN2O6P+. The van der Waals surface area contributed by atoms with E-state index in [1.807, 2.05) is 4.98 Å². The van der Waals surface area contributed by atoms with Crippen LogP contribution < -0.4 is 15.8 Å². The van der Waals surface area contributed by atoms with Gasteiger partial charge in [-0.1, -0.05) is 18.2 Å². The Bertz CT molecular complexity index is 1030. The summed E-state index contributed by atoms with van der Waals surface area (Å²) in [7, 11) is -2.67. The van der Waals surface area contributed by atoms with E-state index in [1.165, 1.54) is 0 Å². The van der Waals surface area contributed by atoms with Crippen LogP contribution in [0, 0.1) is 5.92 Å². The van der Waals surface area contributed by atoms with Crippen molar-refractivity contribution in [3.8, 4) is 5.75 Å². The molecule has 1 fully saturated rings. The van der Waals surface area contributed by atoms with Crippen molar-refractivity contribution in [2.75, 3.05) is 6.61 Å². The van der Waals surface area contributed by atoms with Crippen LogP contribution in [0.4, 0.5) is 4.39 Å². The quantitative estimate of drug-likeness (QED) is 0.565. The summed E-state index contributed by atoms with van der Waals surface area (Å²) in [5.41, 5.74) is -4.94. The second-order valence-electron chi connectivity index (χ2n) is 6.17. The number of aromatic nitrogens is 2. The molecule has 10 heteroatoms. The molecule has 1 saturated carbocycles. The first kappa shape index (κ1) is 15.7. The number of hydrogen-bond donors (Lipinski definition) is 2. The van der Waals surface area contributed by atoms with Gasteiger partial charge < -0.3 is 5.11 Å². The van der Waals surface area contributed by atoms with Gasteiger partial charge in [0.2, 0.25) is 0 Å². The van der Waals surface area contributed by atoms with Gasteiger partial charge in [-0.25, -0.2) is 13.7 Å². The third-order valence-electron chi connectivity index (χ3n) is 4.39. The molecule has 0 saturated heterocycles. The zero-order valence-electron chi connectivity index (χ0n) is 16.9. The number of aromatic amines is 1. The maximum absolute atomic E-state index is 15.7. The third kappa shape index (κ3) is 4.16. The maximum Gasteiger partial charge on any atom is 0.750 e. The number of nitrogens with one attached hydrogen (secondary N) is 1. The van der Waals surface area contributed by atoms with Gasteiger partial charge in [0.25, 0.3) is 5.56 Å². The molecule has 1 aliphatic rings. The number of rotatable bonds is 6. The summed E-state index contributed by atoms with van der Waals surface area (Å²) >= 11 is 0. The largest absolute Gasteiger partial charge is 0.750 e. The van der Waals surface area contributed by atoms with Crippen LogP contribution in [0.3, 0.4) is 0 Å². The average molecular weight is 401 g/mol. The molecule has 1 heterocycles. The molecule has 0 amide bonds. The van der Waals surface area contributed by atoms with E-state index in [0.29, 0.717) is 0 Å². The van der Waals surface area contributed by atoms with Crippen LogP contribution in [0.15, 0.2) is 52.2 Å². The fourth-order valence-corrected chi connectivity index (χ4v) is 3.69. The number of halogens is 1. The summed E-state index contributed by atoms with van der Waals surface area (Å²) in [6, 6.07) is 7.46. The van der Waals surface area contributed by atoms with Crippen LogP contribution in [-0.4, -0.2) is 33.0 Å². The molecule has 1 aromatic carbocycles. The van der Waals surface area contributed by atoms with Crippen LogP contribution >= 0.6 is 8.25 Å². The molecule has 0 aliphatic heterocycles. The fraction of sp³-hybridized carbons (Fsp3) is 0.412. The van der Waals surface area contributed by atoms with E-state index in [2.05, 4.69) is 0 Å². The predicted octanol–water partition coefficient (Wildman–Crippen LogP) is 1.94. The molecule has 0 bridgehead atoms. The molecule has 0 spiro atoms. The standard InChI is InChI=1S/C17H18FN2O6P/c1-17(18)13(20-8-7-14(21)19-16(20)23)9-11(15(17)22)10-25-27(24)26-12-5-3-2-4-6-12/h2-8,11,13,15,22H,9-10H2,1H3/p+1/t11-,13-,15-,17+/m1/s1/i1+1D3. The minimum Gasteiger partial charge on any atom is -0.389 e. The molecule has 0 radical (unpaired) electrons. The van der Waals surface area contributed by atoms with Crippen LogP contribution in [0.25, 0.3) is 0 Å². The van der Waals surface area contributed by atoms with Crippen molar-refractivity contribution in [1.29, 1.82) is 0 Å². The highest BCUT2D eigenvalue weighted by Crippen LogP contribution is 2.46. The Morgan fingerprint density at radius 3 is 2.81 bits per heavy atom. The Balaban J connectivity index is 1.81. The van der Waals surface area contributed by atoms with Crippen LogP contribution in [0.1, 0.15) is 23.4 Å². The summed E-state index contributed by atoms with van der Waals surface area (Å²) in [5, 5.41) is 10.5. The minimum absolute atomic E-state index is 0.269. The van der Waals surface area contributed by atoms with Gasteiger partial charge in [0.1, 0.15) is 6.61 Å². The van der Waals surface area contributed by atoms with Gasteiger partial charge in [-0.05, 0) is 25.4 Å². The SMILES string of the molecule is [2H][13C]([2H])([2H])[C@@]1(F)[C@H](O)[C@@H](CO[P+](=O)Oc2ccccc2)C[C@H]1n1ccc(=O)[nH]c1=O. The van der Waals surface area contributed by atoms with E-state index in [1.54, 1.807) is 30.3 Å². The zero-order valence-corrected chi connectivity index (χ0v) is 14.8. The number of aliphatic hydroxyl groups excluding tert-OH is 1. The molecule has 8 nitrogen and oxygen atoms in total. The predicted molar refractivity (Wildman–Crippen MR) is 94.6 cm³/mol. The normalized spacial score (nSPS) is 30.2. The Morgan fingerprint density at radius 2 is 2.15 bits per heavy atom. The lowest BCUT2D eigenvalue weighted by molar-refractivity contribution is -0.0188. The Hall–Kier alpha value is -2.35. The minimum atomic E-state index is -3.29. The van der Waals surface area contributed by atoms with Crippen molar-refractivity contribution >= 4 is 8.25 Å². The molecule has 1 aromatic heterocycles. The molecule has 2 N–H and O–H groups in total. The van der Waals surface area contributed by atoms with Gasteiger partial charge in [0, 0.05) is 26.9 Å². The van der Waals surface area contributed by atoms with Crippen molar-refractivity contribution in [3.05, 3.63) is 63.4 Å². The summed E-state index contributed by atoms with van der Waals surface area (Å²) in [5.74, 6) is -0.830. The van der Waals surface area contributed by atoms with E-state index < -0.39 is 56.7 Å². The Labute approximate surface area is 158 Å². The lowest BCUT2D eigenvalue weighted by Gasteiger charge is -2.27.